The summed E-state index contributed by atoms with van der Waals surface area (Å²) < 4.78 is 10.5. The van der Waals surface area contributed by atoms with Gasteiger partial charge in [-0.15, -0.1) is 0 Å². The van der Waals surface area contributed by atoms with Crippen LogP contribution in [0.3, 0.4) is 0 Å². The van der Waals surface area contributed by atoms with Crippen LogP contribution in [-0.2, 0) is 11.2 Å². The Morgan fingerprint density at radius 1 is 1.62 bits per heavy atom. The van der Waals surface area contributed by atoms with Crippen LogP contribution >= 0.6 is 0 Å². The topological polar surface area (TPSA) is 94.4 Å². The maximum Gasteiger partial charge on any atom is 0.229 e. The van der Waals surface area contributed by atoms with Gasteiger partial charge in [-0.2, -0.15) is 4.98 Å². The molecular weight excluding hydrogens is 210 g/mol. The molecule has 6 nitrogen and oxygen atoms in total. The zero-order valence-electron chi connectivity index (χ0n) is 9.35. The minimum Gasteiger partial charge on any atom is -0.388 e. The largest absolute Gasteiger partial charge is 0.388 e. The minimum absolute atomic E-state index is 0.0553. The van der Waals surface area contributed by atoms with Gasteiger partial charge in [0.1, 0.15) is 6.10 Å². The lowest BCUT2D eigenvalue weighted by Gasteiger charge is -2.17. The van der Waals surface area contributed by atoms with E-state index in [1.54, 1.807) is 6.92 Å². The smallest absolute Gasteiger partial charge is 0.229 e. The second kappa shape index (κ2) is 4.48. The van der Waals surface area contributed by atoms with Gasteiger partial charge in [0.05, 0.1) is 12.0 Å². The van der Waals surface area contributed by atoms with Crippen LogP contribution in [0.15, 0.2) is 4.52 Å². The molecule has 0 saturated carbocycles. The van der Waals surface area contributed by atoms with E-state index >= 15 is 0 Å². The summed E-state index contributed by atoms with van der Waals surface area (Å²) in [7, 11) is 0. The van der Waals surface area contributed by atoms with Crippen LogP contribution in [0.25, 0.3) is 0 Å². The molecule has 1 fully saturated rings. The summed E-state index contributed by atoms with van der Waals surface area (Å²) in [5, 5.41) is 13.6. The van der Waals surface area contributed by atoms with Crippen LogP contribution in [-0.4, -0.2) is 34.0 Å². The van der Waals surface area contributed by atoms with E-state index in [0.29, 0.717) is 11.7 Å². The Morgan fingerprint density at radius 3 is 3.06 bits per heavy atom. The second-order valence-electron chi connectivity index (χ2n) is 4.43. The van der Waals surface area contributed by atoms with Gasteiger partial charge in [-0.25, -0.2) is 0 Å². The maximum atomic E-state index is 9.77. The zero-order valence-corrected chi connectivity index (χ0v) is 9.35. The standard InChI is InChI=1S/C10H17N3O3/c1-10(14,6-11)5-8-12-9(13-16-8)7-3-2-4-15-7/h7,14H,2-6,11H2,1H3. The van der Waals surface area contributed by atoms with E-state index < -0.39 is 5.60 Å². The Balaban J connectivity index is 2.01. The molecule has 6 heteroatoms. The van der Waals surface area contributed by atoms with Crippen LogP contribution in [0.5, 0.6) is 0 Å². The van der Waals surface area contributed by atoms with E-state index in [4.69, 9.17) is 15.0 Å². The maximum absolute atomic E-state index is 9.77. The third kappa shape index (κ3) is 2.58. The van der Waals surface area contributed by atoms with Gasteiger partial charge < -0.3 is 20.1 Å². The number of aromatic nitrogens is 2. The van der Waals surface area contributed by atoms with Gasteiger partial charge in [-0.05, 0) is 19.8 Å². The monoisotopic (exact) mass is 227 g/mol. The molecule has 0 aliphatic carbocycles. The molecular formula is C10H17N3O3. The molecule has 2 heterocycles. The Bertz CT molecular complexity index is 345. The molecule has 3 N–H and O–H groups in total. The molecule has 0 bridgehead atoms. The fraction of sp³-hybridized carbons (Fsp3) is 0.800. The number of hydrogen-bond donors (Lipinski definition) is 2. The molecule has 1 saturated heterocycles. The first-order chi connectivity index (χ1) is 7.61. The van der Waals surface area contributed by atoms with Gasteiger partial charge in [0.15, 0.2) is 0 Å². The van der Waals surface area contributed by atoms with Gasteiger partial charge in [0.2, 0.25) is 11.7 Å². The predicted octanol–water partition coefficient (Wildman–Crippen LogP) is 0.173. The quantitative estimate of drug-likeness (QED) is 0.761. The number of rotatable bonds is 4. The van der Waals surface area contributed by atoms with Crippen molar-refractivity contribution in [2.24, 2.45) is 5.73 Å². The van der Waals surface area contributed by atoms with Crippen molar-refractivity contribution < 1.29 is 14.4 Å². The van der Waals surface area contributed by atoms with Crippen molar-refractivity contribution in [2.75, 3.05) is 13.2 Å². The summed E-state index contributed by atoms with van der Waals surface area (Å²) in [4.78, 5) is 4.21. The first kappa shape index (κ1) is 11.5. The van der Waals surface area contributed by atoms with Crippen LogP contribution in [0.4, 0.5) is 0 Å². The van der Waals surface area contributed by atoms with Crippen LogP contribution in [0.1, 0.15) is 37.6 Å². The van der Waals surface area contributed by atoms with Crippen molar-refractivity contribution in [3.8, 4) is 0 Å². The number of hydrogen-bond acceptors (Lipinski definition) is 6. The molecule has 90 valence electrons. The molecule has 16 heavy (non-hydrogen) atoms. The molecule has 2 unspecified atom stereocenters. The van der Waals surface area contributed by atoms with Crippen LogP contribution < -0.4 is 5.73 Å². The van der Waals surface area contributed by atoms with E-state index in [1.165, 1.54) is 0 Å². The molecule has 1 aliphatic rings. The van der Waals surface area contributed by atoms with Crippen molar-refractivity contribution in [1.82, 2.24) is 10.1 Å². The van der Waals surface area contributed by atoms with Crippen molar-refractivity contribution in [3.63, 3.8) is 0 Å². The normalized spacial score (nSPS) is 24.6. The van der Waals surface area contributed by atoms with E-state index in [1.807, 2.05) is 0 Å². The van der Waals surface area contributed by atoms with Crippen molar-refractivity contribution in [2.45, 2.75) is 37.9 Å². The van der Waals surface area contributed by atoms with Crippen molar-refractivity contribution in [3.05, 3.63) is 11.7 Å². The molecule has 0 radical (unpaired) electrons. The minimum atomic E-state index is -1.000. The summed E-state index contributed by atoms with van der Waals surface area (Å²) in [6, 6.07) is 0. The third-order valence-electron chi connectivity index (χ3n) is 2.67. The molecule has 2 rings (SSSR count). The average Bonchev–Trinajstić information content (AvgIpc) is 2.86. The highest BCUT2D eigenvalue weighted by molar-refractivity contribution is 4.96. The van der Waals surface area contributed by atoms with Gasteiger partial charge in [0, 0.05) is 13.2 Å². The van der Waals surface area contributed by atoms with E-state index in [-0.39, 0.29) is 19.1 Å². The number of nitrogens with zero attached hydrogens (tertiary/aromatic N) is 2. The van der Waals surface area contributed by atoms with Gasteiger partial charge in [-0.3, -0.25) is 0 Å². The Kier molecular flexibility index (Phi) is 3.22. The summed E-state index contributed by atoms with van der Waals surface area (Å²) in [5.41, 5.74) is 4.42. The Labute approximate surface area is 93.8 Å². The Morgan fingerprint density at radius 2 is 2.44 bits per heavy atom. The fourth-order valence-corrected chi connectivity index (χ4v) is 1.65. The first-order valence-electron chi connectivity index (χ1n) is 5.47. The SMILES string of the molecule is CC(O)(CN)Cc1nc(C2CCCO2)no1. The third-order valence-corrected chi connectivity index (χ3v) is 2.67. The highest BCUT2D eigenvalue weighted by Gasteiger charge is 2.26. The molecule has 1 aliphatic heterocycles. The molecule has 1 aromatic heterocycles. The lowest BCUT2D eigenvalue weighted by Crippen LogP contribution is -2.36. The second-order valence-corrected chi connectivity index (χ2v) is 4.43. The van der Waals surface area contributed by atoms with E-state index in [2.05, 4.69) is 10.1 Å². The Hall–Kier alpha value is -0.980. The van der Waals surface area contributed by atoms with Gasteiger partial charge in [-0.1, -0.05) is 5.16 Å². The van der Waals surface area contributed by atoms with E-state index in [0.717, 1.165) is 19.4 Å². The van der Waals surface area contributed by atoms with Gasteiger partial charge >= 0.3 is 0 Å². The first-order valence-corrected chi connectivity index (χ1v) is 5.47. The molecule has 0 aromatic carbocycles. The number of nitrogens with two attached hydrogens (primary N) is 1. The number of aliphatic hydroxyl groups is 1. The lowest BCUT2D eigenvalue weighted by molar-refractivity contribution is 0.0610. The van der Waals surface area contributed by atoms with Crippen molar-refractivity contribution >= 4 is 0 Å². The summed E-state index contributed by atoms with van der Waals surface area (Å²) >= 11 is 0. The molecule has 0 spiro atoms. The van der Waals surface area contributed by atoms with E-state index in [9.17, 15) is 5.11 Å². The highest BCUT2D eigenvalue weighted by atomic mass is 16.5. The highest BCUT2D eigenvalue weighted by Crippen LogP contribution is 2.26. The lowest BCUT2D eigenvalue weighted by atomic mass is 10.0. The zero-order chi connectivity index (χ0) is 11.6. The summed E-state index contributed by atoms with van der Waals surface area (Å²) in [6.07, 6.45) is 2.16. The average molecular weight is 227 g/mol. The predicted molar refractivity (Wildman–Crippen MR) is 55.6 cm³/mol. The van der Waals surface area contributed by atoms with Crippen LogP contribution in [0.2, 0.25) is 0 Å². The fourth-order valence-electron chi connectivity index (χ4n) is 1.65. The van der Waals surface area contributed by atoms with Crippen molar-refractivity contribution in [1.29, 1.82) is 0 Å². The molecule has 0 amide bonds. The summed E-state index contributed by atoms with van der Waals surface area (Å²) in [5.74, 6) is 0.973. The summed E-state index contributed by atoms with van der Waals surface area (Å²) in [6.45, 7) is 2.54. The van der Waals surface area contributed by atoms with Gasteiger partial charge in [0.25, 0.3) is 0 Å². The van der Waals surface area contributed by atoms with Crippen LogP contribution in [0, 0.1) is 0 Å². The molecule has 1 aromatic rings. The molecule has 2 atom stereocenters. The number of ether oxygens (including phenoxy) is 1.